The number of nitrogens with two attached hydrogens (primary N) is 2. The number of carbonyl (C=O) groups excluding carboxylic acids is 3. The van der Waals surface area contributed by atoms with Crippen molar-refractivity contribution in [1.82, 2.24) is 4.98 Å². The van der Waals surface area contributed by atoms with Gasteiger partial charge in [0, 0.05) is 28.3 Å². The predicted molar refractivity (Wildman–Crippen MR) is 137 cm³/mol. The Hall–Kier alpha value is -4.37. The summed E-state index contributed by atoms with van der Waals surface area (Å²) in [6, 6.07) is 21.6. The van der Waals surface area contributed by atoms with Crippen LogP contribution in [-0.4, -0.2) is 35.6 Å². The summed E-state index contributed by atoms with van der Waals surface area (Å²) in [6.07, 6.45) is 0. The van der Waals surface area contributed by atoms with E-state index in [9.17, 15) is 14.4 Å². The molecule has 176 valence electrons. The zero-order valence-electron chi connectivity index (χ0n) is 18.8. The van der Waals surface area contributed by atoms with Gasteiger partial charge in [-0.05, 0) is 47.5 Å². The average molecular weight is 487 g/mol. The highest BCUT2D eigenvalue weighted by Gasteiger charge is 2.13. The maximum atomic E-state index is 12.7. The Morgan fingerprint density at radius 1 is 0.914 bits per heavy atom. The van der Waals surface area contributed by atoms with Crippen LogP contribution >= 0.6 is 11.8 Å². The molecule has 3 aromatic carbocycles. The molecule has 0 unspecified atom stereocenters. The number of thioether (sulfide) groups is 1. The van der Waals surface area contributed by atoms with Crippen LogP contribution < -0.4 is 21.5 Å². The van der Waals surface area contributed by atoms with Crippen molar-refractivity contribution in [2.24, 2.45) is 11.5 Å². The van der Waals surface area contributed by atoms with Gasteiger partial charge in [-0.2, -0.15) is 0 Å². The summed E-state index contributed by atoms with van der Waals surface area (Å²) in [5.74, 6) is -1.09. The molecule has 0 atom stereocenters. The molecule has 8 nitrogen and oxygen atoms in total. The number of hydrogen-bond donors (Lipinski definition) is 3. The van der Waals surface area contributed by atoms with E-state index in [1.807, 2.05) is 54.6 Å². The van der Waals surface area contributed by atoms with Gasteiger partial charge in [-0.3, -0.25) is 14.4 Å². The topological polar surface area (TPSA) is 137 Å². The van der Waals surface area contributed by atoms with Crippen LogP contribution in [0.3, 0.4) is 0 Å². The highest BCUT2D eigenvalue weighted by atomic mass is 32.2. The van der Waals surface area contributed by atoms with Crippen LogP contribution in [0.1, 0.15) is 20.7 Å². The Bertz CT molecular complexity index is 1410. The fourth-order valence-electron chi connectivity index (χ4n) is 3.56. The van der Waals surface area contributed by atoms with Crippen molar-refractivity contribution >= 4 is 46.1 Å². The maximum absolute atomic E-state index is 12.7. The summed E-state index contributed by atoms with van der Waals surface area (Å²) in [6.45, 7) is 0. The van der Waals surface area contributed by atoms with Crippen molar-refractivity contribution in [2.45, 2.75) is 5.03 Å². The molecule has 0 spiro atoms. The number of ether oxygens (including phenoxy) is 1. The number of fused-ring (bicyclic) bond motifs is 1. The van der Waals surface area contributed by atoms with Crippen LogP contribution in [0.2, 0.25) is 0 Å². The number of rotatable bonds is 8. The number of aromatic nitrogens is 1. The third kappa shape index (κ3) is 5.59. The second-order valence-corrected chi connectivity index (χ2v) is 8.62. The van der Waals surface area contributed by atoms with Gasteiger partial charge in [-0.15, -0.1) is 0 Å². The first kappa shape index (κ1) is 23.8. The molecular weight excluding hydrogens is 464 g/mol. The summed E-state index contributed by atoms with van der Waals surface area (Å²) < 4.78 is 5.35. The number of anilines is 1. The van der Waals surface area contributed by atoms with Crippen molar-refractivity contribution < 1.29 is 19.1 Å². The highest BCUT2D eigenvalue weighted by molar-refractivity contribution is 7.99. The standard InChI is InChI=1S/C26H22N4O4S/c1-34-19-7-8-20-21(15-5-3-2-4-6-15)13-24(30-22(20)12-19)35-14-23(31)29-18-10-16(25(27)32)9-17(11-18)26(28)33/h2-13H,14H2,1H3,(H2,27,32)(H2,28,33)(H,29,31). The van der Waals surface area contributed by atoms with Crippen molar-refractivity contribution in [3.63, 3.8) is 0 Å². The molecule has 9 heteroatoms. The number of nitrogens with zero attached hydrogens (tertiary/aromatic N) is 1. The van der Waals surface area contributed by atoms with Crippen molar-refractivity contribution in [3.8, 4) is 16.9 Å². The lowest BCUT2D eigenvalue weighted by molar-refractivity contribution is -0.113. The molecule has 1 aromatic heterocycles. The van der Waals surface area contributed by atoms with E-state index in [0.29, 0.717) is 10.8 Å². The first-order valence-electron chi connectivity index (χ1n) is 10.6. The SMILES string of the molecule is COc1ccc2c(-c3ccccc3)cc(SCC(=O)Nc3cc(C(N)=O)cc(C(N)=O)c3)nc2c1. The minimum absolute atomic E-state index is 0.0450. The molecule has 0 aliphatic rings. The number of methoxy groups -OCH3 is 1. The van der Waals surface area contributed by atoms with Crippen LogP contribution in [0, 0.1) is 0 Å². The molecule has 3 amide bonds. The van der Waals surface area contributed by atoms with E-state index >= 15 is 0 Å². The molecule has 0 saturated heterocycles. The van der Waals surface area contributed by atoms with Crippen LogP contribution in [0.25, 0.3) is 22.0 Å². The minimum atomic E-state index is -0.734. The number of primary amides is 2. The average Bonchev–Trinajstić information content (AvgIpc) is 2.86. The van der Waals surface area contributed by atoms with E-state index < -0.39 is 11.8 Å². The van der Waals surface area contributed by atoms with Gasteiger partial charge >= 0.3 is 0 Å². The first-order valence-corrected chi connectivity index (χ1v) is 11.5. The number of nitrogens with one attached hydrogen (secondary N) is 1. The number of hydrogen-bond acceptors (Lipinski definition) is 6. The normalized spacial score (nSPS) is 10.7. The zero-order valence-corrected chi connectivity index (χ0v) is 19.6. The second-order valence-electron chi connectivity index (χ2n) is 7.62. The van der Waals surface area contributed by atoms with Crippen LogP contribution in [0.4, 0.5) is 5.69 Å². The molecule has 35 heavy (non-hydrogen) atoms. The Kier molecular flexibility index (Phi) is 6.98. The first-order chi connectivity index (χ1) is 16.8. The van der Waals surface area contributed by atoms with Crippen LogP contribution in [0.5, 0.6) is 5.75 Å². The molecule has 0 radical (unpaired) electrons. The van der Waals surface area contributed by atoms with E-state index in [1.54, 1.807) is 7.11 Å². The fourth-order valence-corrected chi connectivity index (χ4v) is 4.28. The second kappa shape index (κ2) is 10.3. The summed E-state index contributed by atoms with van der Waals surface area (Å²) >= 11 is 1.26. The summed E-state index contributed by atoms with van der Waals surface area (Å²) in [4.78, 5) is 40.5. The number of carbonyl (C=O) groups is 3. The molecule has 4 rings (SSSR count). The quantitative estimate of drug-likeness (QED) is 0.324. The fraction of sp³-hybridized carbons (Fsp3) is 0.0769. The number of benzene rings is 3. The minimum Gasteiger partial charge on any atom is -0.497 e. The van der Waals surface area contributed by atoms with Gasteiger partial charge in [0.2, 0.25) is 17.7 Å². The molecular formula is C26H22N4O4S. The Morgan fingerprint density at radius 3 is 2.23 bits per heavy atom. The monoisotopic (exact) mass is 486 g/mol. The molecule has 0 aliphatic heterocycles. The molecule has 0 aliphatic carbocycles. The third-order valence-corrected chi connectivity index (χ3v) is 6.13. The molecule has 0 fully saturated rings. The van der Waals surface area contributed by atoms with E-state index in [4.69, 9.17) is 21.2 Å². The summed E-state index contributed by atoms with van der Waals surface area (Å²) in [5, 5.41) is 4.30. The number of amides is 3. The highest BCUT2D eigenvalue weighted by Crippen LogP contribution is 2.33. The Morgan fingerprint density at radius 2 is 1.60 bits per heavy atom. The molecule has 4 aromatic rings. The van der Waals surface area contributed by atoms with Gasteiger partial charge in [0.1, 0.15) is 5.75 Å². The van der Waals surface area contributed by atoms with Gasteiger partial charge in [-0.25, -0.2) is 4.98 Å². The molecule has 5 N–H and O–H groups in total. The van der Waals surface area contributed by atoms with E-state index in [2.05, 4.69) is 5.32 Å². The van der Waals surface area contributed by atoms with Crippen molar-refractivity contribution in [2.75, 3.05) is 18.2 Å². The van der Waals surface area contributed by atoms with Gasteiger partial charge < -0.3 is 21.5 Å². The summed E-state index contributed by atoms with van der Waals surface area (Å²) in [5.41, 5.74) is 13.8. The van der Waals surface area contributed by atoms with Crippen LogP contribution in [-0.2, 0) is 4.79 Å². The maximum Gasteiger partial charge on any atom is 0.248 e. The predicted octanol–water partition coefficient (Wildman–Crippen LogP) is 3.84. The number of pyridine rings is 1. The zero-order chi connectivity index (χ0) is 24.9. The van der Waals surface area contributed by atoms with Gasteiger partial charge in [0.15, 0.2) is 0 Å². The van der Waals surface area contributed by atoms with Gasteiger partial charge in [-0.1, -0.05) is 42.1 Å². The Labute approximate surface area is 205 Å². The smallest absolute Gasteiger partial charge is 0.248 e. The molecule has 0 saturated carbocycles. The lowest BCUT2D eigenvalue weighted by Gasteiger charge is -2.12. The van der Waals surface area contributed by atoms with Crippen LogP contribution in [0.15, 0.2) is 77.8 Å². The van der Waals surface area contributed by atoms with E-state index in [1.165, 1.54) is 30.0 Å². The van der Waals surface area contributed by atoms with E-state index in [-0.39, 0.29) is 28.5 Å². The Balaban J connectivity index is 1.59. The van der Waals surface area contributed by atoms with Gasteiger partial charge in [0.25, 0.3) is 0 Å². The van der Waals surface area contributed by atoms with E-state index in [0.717, 1.165) is 22.0 Å². The third-order valence-electron chi connectivity index (χ3n) is 5.22. The molecule has 0 bridgehead atoms. The molecule has 1 heterocycles. The van der Waals surface area contributed by atoms with Crippen molar-refractivity contribution in [3.05, 3.63) is 83.9 Å². The van der Waals surface area contributed by atoms with Crippen molar-refractivity contribution in [1.29, 1.82) is 0 Å². The summed E-state index contributed by atoms with van der Waals surface area (Å²) in [7, 11) is 1.60. The largest absolute Gasteiger partial charge is 0.497 e. The lowest BCUT2D eigenvalue weighted by atomic mass is 10.0. The van der Waals surface area contributed by atoms with Gasteiger partial charge in [0.05, 0.1) is 23.4 Å². The lowest BCUT2D eigenvalue weighted by Crippen LogP contribution is -2.19.